The van der Waals surface area contributed by atoms with Gasteiger partial charge in [-0.15, -0.1) is 0 Å². The van der Waals surface area contributed by atoms with Crippen molar-refractivity contribution in [3.05, 3.63) is 94.0 Å². The number of rotatable bonds is 8. The third kappa shape index (κ3) is 8.06. The summed E-state index contributed by atoms with van der Waals surface area (Å²) in [6.45, 7) is 13.9. The second-order valence-electron chi connectivity index (χ2n) is 12.2. The first-order valence-electron chi connectivity index (χ1n) is 13.8. The molecule has 0 aliphatic rings. The quantitative estimate of drug-likeness (QED) is 0.247. The molecule has 3 rings (SSSR count). The van der Waals surface area contributed by atoms with Gasteiger partial charge in [0.2, 0.25) is 0 Å². The van der Waals surface area contributed by atoms with E-state index in [9.17, 15) is 19.1 Å². The lowest BCUT2D eigenvalue weighted by Crippen LogP contribution is -2.38. The highest BCUT2D eigenvalue weighted by Crippen LogP contribution is 2.40. The molecular formula is C33H40F2N2O4. The van der Waals surface area contributed by atoms with Gasteiger partial charge in [0.15, 0.2) is 6.04 Å². The number of nitrogens with one attached hydrogen (secondary N) is 2. The van der Waals surface area contributed by atoms with Gasteiger partial charge in [-0.25, -0.2) is 18.4 Å². The summed E-state index contributed by atoms with van der Waals surface area (Å²) >= 11 is 0. The Bertz CT molecular complexity index is 1360. The number of carbonyl (C=O) groups excluding carboxylic acids is 2. The fraction of sp³-hybridized carbons (Fsp3) is 0.394. The summed E-state index contributed by atoms with van der Waals surface area (Å²) in [5.74, 6) is -2.11. The van der Waals surface area contributed by atoms with Crippen molar-refractivity contribution in [2.75, 3.05) is 11.9 Å². The van der Waals surface area contributed by atoms with Crippen LogP contribution in [0.15, 0.2) is 54.6 Å². The first-order valence-corrected chi connectivity index (χ1v) is 13.8. The van der Waals surface area contributed by atoms with Gasteiger partial charge in [0.1, 0.15) is 17.4 Å². The number of esters is 1. The Balaban J connectivity index is 1.90. The summed E-state index contributed by atoms with van der Waals surface area (Å²) in [5, 5.41) is 16.1. The Kier molecular flexibility index (Phi) is 9.79. The first-order chi connectivity index (χ1) is 19.1. The van der Waals surface area contributed by atoms with E-state index in [-0.39, 0.29) is 40.9 Å². The van der Waals surface area contributed by atoms with Gasteiger partial charge < -0.3 is 20.5 Å². The molecule has 0 fully saturated rings. The molecule has 6 nitrogen and oxygen atoms in total. The molecule has 3 N–H and O–H groups in total. The number of aromatic hydroxyl groups is 1. The van der Waals surface area contributed by atoms with Gasteiger partial charge in [-0.05, 0) is 64.5 Å². The van der Waals surface area contributed by atoms with E-state index in [0.717, 1.165) is 16.7 Å². The smallest absolute Gasteiger partial charge is 0.333 e. The predicted octanol–water partition coefficient (Wildman–Crippen LogP) is 7.48. The minimum Gasteiger partial charge on any atom is -0.507 e. The third-order valence-corrected chi connectivity index (χ3v) is 6.77. The summed E-state index contributed by atoms with van der Waals surface area (Å²) in [4.78, 5) is 25.6. The van der Waals surface area contributed by atoms with Crippen LogP contribution in [0.2, 0.25) is 0 Å². The van der Waals surface area contributed by atoms with Crippen molar-refractivity contribution in [2.24, 2.45) is 0 Å². The molecule has 1 atom stereocenters. The van der Waals surface area contributed by atoms with E-state index in [4.69, 9.17) is 4.74 Å². The molecule has 0 spiro atoms. The maximum atomic E-state index is 15.0. The number of phenolic OH excluding ortho intramolecular Hbond substituents is 1. The number of anilines is 1. The number of hydrogen-bond donors (Lipinski definition) is 3. The highest BCUT2D eigenvalue weighted by Gasteiger charge is 2.27. The van der Waals surface area contributed by atoms with Gasteiger partial charge in [0, 0.05) is 6.07 Å². The first kappa shape index (κ1) is 31.6. The average molecular weight is 567 g/mol. The molecule has 3 aromatic carbocycles. The van der Waals surface area contributed by atoms with E-state index in [1.807, 2.05) is 53.7 Å². The second-order valence-corrected chi connectivity index (χ2v) is 12.2. The topological polar surface area (TPSA) is 87.7 Å². The van der Waals surface area contributed by atoms with Crippen LogP contribution in [-0.4, -0.2) is 23.7 Å². The zero-order chi connectivity index (χ0) is 30.5. The predicted molar refractivity (Wildman–Crippen MR) is 157 cm³/mol. The van der Waals surface area contributed by atoms with Crippen molar-refractivity contribution >= 4 is 17.7 Å². The standard InChI is InChI=1S/C33H40F2N2O4/c1-8-41-30(39)28(21-12-10-9-11-13-21)37-31(40)36-27-22(18-23(34)19-26(27)35)15-14-20-16-24(32(2,3)4)29(38)25(17-20)33(5,6)7/h9-13,16-19,28,38H,8,14-15H2,1-7H3,(H2,36,37,40). The van der Waals surface area contributed by atoms with Gasteiger partial charge in [0.25, 0.3) is 0 Å². The second kappa shape index (κ2) is 12.7. The minimum atomic E-state index is -1.12. The van der Waals surface area contributed by atoms with Gasteiger partial charge in [0.05, 0.1) is 12.3 Å². The third-order valence-electron chi connectivity index (χ3n) is 6.77. The van der Waals surface area contributed by atoms with Crippen molar-refractivity contribution in [3.63, 3.8) is 0 Å². The van der Waals surface area contributed by atoms with E-state index in [1.54, 1.807) is 37.3 Å². The van der Waals surface area contributed by atoms with Crippen molar-refractivity contribution in [1.29, 1.82) is 0 Å². The molecule has 1 unspecified atom stereocenters. The van der Waals surface area contributed by atoms with Crippen LogP contribution in [0.5, 0.6) is 5.75 Å². The number of benzene rings is 3. The fourth-order valence-corrected chi connectivity index (χ4v) is 4.66. The average Bonchev–Trinajstić information content (AvgIpc) is 2.87. The van der Waals surface area contributed by atoms with Gasteiger partial charge in [-0.2, -0.15) is 0 Å². The molecule has 0 aliphatic heterocycles. The van der Waals surface area contributed by atoms with Crippen LogP contribution in [0, 0.1) is 11.6 Å². The number of ether oxygens (including phenoxy) is 1. The van der Waals surface area contributed by atoms with Crippen LogP contribution < -0.4 is 10.6 Å². The number of hydrogen-bond acceptors (Lipinski definition) is 4. The molecule has 220 valence electrons. The summed E-state index contributed by atoms with van der Waals surface area (Å²) in [7, 11) is 0. The van der Waals surface area contributed by atoms with E-state index in [0.29, 0.717) is 18.1 Å². The van der Waals surface area contributed by atoms with Gasteiger partial charge >= 0.3 is 12.0 Å². The highest BCUT2D eigenvalue weighted by molar-refractivity contribution is 5.93. The van der Waals surface area contributed by atoms with Crippen LogP contribution in [0.4, 0.5) is 19.3 Å². The molecule has 0 saturated carbocycles. The molecule has 0 bridgehead atoms. The summed E-state index contributed by atoms with van der Waals surface area (Å²) in [6, 6.07) is 12.3. The summed E-state index contributed by atoms with van der Waals surface area (Å²) in [6.07, 6.45) is 0.614. The molecule has 0 radical (unpaired) electrons. The van der Waals surface area contributed by atoms with E-state index >= 15 is 4.39 Å². The molecule has 0 aromatic heterocycles. The largest absolute Gasteiger partial charge is 0.507 e. The fourth-order valence-electron chi connectivity index (χ4n) is 4.66. The Labute approximate surface area is 241 Å². The van der Waals surface area contributed by atoms with Crippen LogP contribution in [0.25, 0.3) is 0 Å². The Morgan fingerprint density at radius 1 is 0.902 bits per heavy atom. The molecule has 0 saturated heterocycles. The highest BCUT2D eigenvalue weighted by atomic mass is 19.1. The Morgan fingerprint density at radius 3 is 2.02 bits per heavy atom. The number of halogens is 2. The molecule has 0 heterocycles. The summed E-state index contributed by atoms with van der Waals surface area (Å²) < 4.78 is 34.5. The molecule has 2 amide bonds. The monoisotopic (exact) mass is 566 g/mol. The van der Waals surface area contributed by atoms with Crippen molar-refractivity contribution in [3.8, 4) is 5.75 Å². The van der Waals surface area contributed by atoms with E-state index < -0.39 is 29.7 Å². The zero-order valence-electron chi connectivity index (χ0n) is 24.8. The zero-order valence-corrected chi connectivity index (χ0v) is 24.8. The number of urea groups is 1. The van der Waals surface area contributed by atoms with Crippen molar-refractivity contribution in [2.45, 2.75) is 78.2 Å². The van der Waals surface area contributed by atoms with Crippen molar-refractivity contribution < 1.29 is 28.2 Å². The number of amides is 2. The van der Waals surface area contributed by atoms with Crippen LogP contribution in [0.3, 0.4) is 0 Å². The lowest BCUT2D eigenvalue weighted by molar-refractivity contribution is -0.145. The Morgan fingerprint density at radius 2 is 1.49 bits per heavy atom. The van der Waals surface area contributed by atoms with Gasteiger partial charge in [-0.3, -0.25) is 0 Å². The molecular weight excluding hydrogens is 526 g/mol. The minimum absolute atomic E-state index is 0.118. The van der Waals surface area contributed by atoms with Crippen LogP contribution >= 0.6 is 0 Å². The van der Waals surface area contributed by atoms with E-state index in [2.05, 4.69) is 10.6 Å². The summed E-state index contributed by atoms with van der Waals surface area (Å²) in [5.41, 5.74) is 2.39. The number of carbonyl (C=O) groups is 2. The number of phenols is 1. The molecule has 8 heteroatoms. The lowest BCUT2D eigenvalue weighted by Gasteiger charge is -2.28. The molecule has 41 heavy (non-hydrogen) atoms. The van der Waals surface area contributed by atoms with Crippen LogP contribution in [0.1, 0.15) is 82.3 Å². The van der Waals surface area contributed by atoms with E-state index in [1.165, 1.54) is 6.07 Å². The number of aryl methyl sites for hydroxylation is 2. The lowest BCUT2D eigenvalue weighted by atomic mass is 9.78. The maximum absolute atomic E-state index is 15.0. The normalized spacial score (nSPS) is 12.5. The molecule has 3 aromatic rings. The SMILES string of the molecule is CCOC(=O)C(NC(=O)Nc1c(F)cc(F)cc1CCc1cc(C(C)(C)C)c(O)c(C(C)(C)C)c1)c1ccccc1. The van der Waals surface area contributed by atoms with Crippen molar-refractivity contribution in [1.82, 2.24) is 5.32 Å². The van der Waals surface area contributed by atoms with Crippen LogP contribution in [-0.2, 0) is 33.2 Å². The Hall–Kier alpha value is -3.94. The van der Waals surface area contributed by atoms with Gasteiger partial charge in [-0.1, -0.05) is 84.0 Å². The maximum Gasteiger partial charge on any atom is 0.333 e. The molecule has 0 aliphatic carbocycles.